The number of halogens is 3. The van der Waals surface area contributed by atoms with Gasteiger partial charge in [-0.25, -0.2) is 4.79 Å². The summed E-state index contributed by atoms with van der Waals surface area (Å²) in [6.07, 6.45) is 2.05. The number of carbonyl (C=O) groups is 1. The molecule has 2 amide bonds. The van der Waals surface area contributed by atoms with Gasteiger partial charge in [0.2, 0.25) is 0 Å². The molecule has 1 unspecified atom stereocenters. The van der Waals surface area contributed by atoms with Gasteiger partial charge in [0.15, 0.2) is 11.5 Å². The van der Waals surface area contributed by atoms with Gasteiger partial charge in [-0.15, -0.1) is 0 Å². The first-order valence-electron chi connectivity index (χ1n) is 14.9. The molecule has 9 heteroatoms. The van der Waals surface area contributed by atoms with Crippen molar-refractivity contribution in [1.82, 2.24) is 10.2 Å². The Balaban J connectivity index is 1.14. The third-order valence-corrected chi connectivity index (χ3v) is 8.99. The van der Waals surface area contributed by atoms with E-state index in [0.717, 1.165) is 55.1 Å². The average Bonchev–Trinajstić information content (AvgIpc) is 3.02. The minimum atomic E-state index is -0.292. The van der Waals surface area contributed by atoms with Crippen LogP contribution in [0.2, 0.25) is 15.1 Å². The summed E-state index contributed by atoms with van der Waals surface area (Å²) in [5.41, 5.74) is 5.15. The van der Waals surface area contributed by atoms with Crippen molar-refractivity contribution in [3.8, 4) is 22.6 Å². The highest BCUT2D eigenvalue weighted by Gasteiger charge is 2.28. The zero-order chi connectivity index (χ0) is 30.5. The molecule has 4 aromatic carbocycles. The van der Waals surface area contributed by atoms with E-state index in [0.29, 0.717) is 46.4 Å². The Morgan fingerprint density at radius 3 is 2.25 bits per heavy atom. The van der Waals surface area contributed by atoms with Gasteiger partial charge < -0.3 is 20.1 Å². The zero-order valence-electron chi connectivity index (χ0n) is 24.2. The van der Waals surface area contributed by atoms with E-state index in [-0.39, 0.29) is 11.9 Å². The second kappa shape index (κ2) is 14.1. The van der Waals surface area contributed by atoms with E-state index in [1.54, 1.807) is 18.2 Å². The van der Waals surface area contributed by atoms with Crippen molar-refractivity contribution in [2.45, 2.75) is 25.3 Å². The van der Waals surface area contributed by atoms with Crippen molar-refractivity contribution in [3.05, 3.63) is 111 Å². The van der Waals surface area contributed by atoms with Gasteiger partial charge in [0, 0.05) is 39.8 Å². The molecule has 0 spiro atoms. The number of likely N-dealkylation sites (tertiary alicyclic amines) is 1. The molecule has 1 fully saturated rings. The Hall–Kier alpha value is -3.42. The molecule has 2 N–H and O–H groups in total. The van der Waals surface area contributed by atoms with Crippen molar-refractivity contribution >= 4 is 46.5 Å². The fourth-order valence-electron chi connectivity index (χ4n) is 6.11. The van der Waals surface area contributed by atoms with Crippen LogP contribution in [0, 0.1) is 5.92 Å². The fraction of sp³-hybridized carbons (Fsp3) is 0.286. The number of amides is 2. The molecule has 1 saturated heterocycles. The zero-order valence-corrected chi connectivity index (χ0v) is 26.5. The number of nitrogens with zero attached hydrogens (tertiary/aromatic N) is 1. The maximum absolute atomic E-state index is 12.9. The van der Waals surface area contributed by atoms with E-state index < -0.39 is 0 Å². The van der Waals surface area contributed by atoms with Crippen LogP contribution in [0.4, 0.5) is 10.5 Å². The molecule has 6 nitrogen and oxygen atoms in total. The molecule has 2 heterocycles. The first-order valence-corrected chi connectivity index (χ1v) is 16.0. The predicted molar refractivity (Wildman–Crippen MR) is 179 cm³/mol. The molecular formula is C35H34Cl3N3O3. The van der Waals surface area contributed by atoms with Gasteiger partial charge in [-0.1, -0.05) is 77.3 Å². The molecule has 0 radical (unpaired) electrons. The lowest BCUT2D eigenvalue weighted by Crippen LogP contribution is -2.39. The van der Waals surface area contributed by atoms with Crippen LogP contribution in [0.3, 0.4) is 0 Å². The van der Waals surface area contributed by atoms with Gasteiger partial charge in [-0.3, -0.25) is 4.90 Å². The third-order valence-electron chi connectivity index (χ3n) is 8.31. The second-order valence-electron chi connectivity index (χ2n) is 11.3. The van der Waals surface area contributed by atoms with E-state index in [9.17, 15) is 4.79 Å². The lowest BCUT2D eigenvalue weighted by Gasteiger charge is -2.36. The number of hydrogen-bond acceptors (Lipinski definition) is 4. The van der Waals surface area contributed by atoms with Crippen LogP contribution in [0.25, 0.3) is 11.1 Å². The molecule has 44 heavy (non-hydrogen) atoms. The lowest BCUT2D eigenvalue weighted by molar-refractivity contribution is 0.158. The van der Waals surface area contributed by atoms with Crippen LogP contribution in [0.15, 0.2) is 84.9 Å². The van der Waals surface area contributed by atoms with Crippen LogP contribution in [-0.4, -0.2) is 43.8 Å². The fourth-order valence-corrected chi connectivity index (χ4v) is 6.83. The Labute approximate surface area is 273 Å². The molecule has 6 rings (SSSR count). The number of anilines is 1. The van der Waals surface area contributed by atoms with Crippen molar-refractivity contribution in [1.29, 1.82) is 0 Å². The molecule has 0 bridgehead atoms. The minimum absolute atomic E-state index is 0.147. The summed E-state index contributed by atoms with van der Waals surface area (Å²) in [7, 11) is 0. The predicted octanol–water partition coefficient (Wildman–Crippen LogP) is 8.90. The summed E-state index contributed by atoms with van der Waals surface area (Å²) in [6, 6.07) is 27.4. The summed E-state index contributed by atoms with van der Waals surface area (Å²) in [5.74, 6) is 2.20. The molecule has 0 saturated carbocycles. The quantitative estimate of drug-likeness (QED) is 0.200. The minimum Gasteiger partial charge on any atom is -0.486 e. The molecule has 0 aromatic heterocycles. The highest BCUT2D eigenvalue weighted by molar-refractivity contribution is 6.35. The second-order valence-corrected chi connectivity index (χ2v) is 12.6. The Morgan fingerprint density at radius 1 is 0.795 bits per heavy atom. The molecule has 2 aliphatic rings. The average molecular weight is 651 g/mol. The van der Waals surface area contributed by atoms with Gasteiger partial charge in [-0.05, 0) is 96.6 Å². The Morgan fingerprint density at radius 2 is 1.52 bits per heavy atom. The Bertz CT molecular complexity index is 1590. The highest BCUT2D eigenvalue weighted by Crippen LogP contribution is 2.36. The summed E-state index contributed by atoms with van der Waals surface area (Å²) in [5, 5.41) is 7.62. The van der Waals surface area contributed by atoms with Gasteiger partial charge in [0.1, 0.15) is 13.2 Å². The number of hydrogen-bond donors (Lipinski definition) is 2. The van der Waals surface area contributed by atoms with Crippen LogP contribution < -0.4 is 20.1 Å². The molecular weight excluding hydrogens is 617 g/mol. The van der Waals surface area contributed by atoms with E-state index in [2.05, 4.69) is 58.0 Å². The number of piperidine rings is 1. The molecule has 228 valence electrons. The molecule has 4 aromatic rings. The maximum Gasteiger partial charge on any atom is 0.319 e. The number of carbonyl (C=O) groups excluding carboxylic acids is 1. The van der Waals surface area contributed by atoms with Crippen molar-refractivity contribution in [2.75, 3.05) is 38.2 Å². The highest BCUT2D eigenvalue weighted by atomic mass is 35.5. The van der Waals surface area contributed by atoms with Crippen LogP contribution in [0.1, 0.15) is 29.9 Å². The standard InChI is InChI=1S/C35H34Cl3N3O3/c36-28-3-1-2-27(17-28)24-5-7-25(8-6-24)32(21-39-35(42)40-31-19-29(37)18-30(38)20-31)26-10-12-41(13-11-26)22-23-4-9-33-34(16-23)44-15-14-43-33/h1-9,16-20,26,32H,10-15,21-22H2,(H2,39,40,42). The number of benzene rings is 4. The largest absolute Gasteiger partial charge is 0.486 e. The summed E-state index contributed by atoms with van der Waals surface area (Å²) in [6.45, 7) is 4.50. The van der Waals surface area contributed by atoms with Crippen molar-refractivity contribution < 1.29 is 14.3 Å². The van der Waals surface area contributed by atoms with Crippen LogP contribution in [0.5, 0.6) is 11.5 Å². The van der Waals surface area contributed by atoms with Gasteiger partial charge in [0.05, 0.1) is 0 Å². The van der Waals surface area contributed by atoms with E-state index in [4.69, 9.17) is 44.3 Å². The third kappa shape index (κ3) is 7.80. The van der Waals surface area contributed by atoms with Crippen molar-refractivity contribution in [3.63, 3.8) is 0 Å². The number of rotatable bonds is 8. The van der Waals surface area contributed by atoms with Crippen LogP contribution >= 0.6 is 34.8 Å². The van der Waals surface area contributed by atoms with Crippen LogP contribution in [-0.2, 0) is 6.54 Å². The number of ether oxygens (including phenoxy) is 2. The molecule has 1 atom stereocenters. The van der Waals surface area contributed by atoms with E-state index >= 15 is 0 Å². The van der Waals surface area contributed by atoms with E-state index in [1.165, 1.54) is 11.1 Å². The van der Waals surface area contributed by atoms with Crippen molar-refractivity contribution in [2.24, 2.45) is 5.92 Å². The molecule has 2 aliphatic heterocycles. The molecule has 0 aliphatic carbocycles. The lowest BCUT2D eigenvalue weighted by atomic mass is 9.79. The first kappa shape index (κ1) is 30.6. The van der Waals surface area contributed by atoms with Gasteiger partial charge >= 0.3 is 6.03 Å². The van der Waals surface area contributed by atoms with E-state index in [1.807, 2.05) is 24.3 Å². The summed E-state index contributed by atoms with van der Waals surface area (Å²) in [4.78, 5) is 15.4. The van der Waals surface area contributed by atoms with Gasteiger partial charge in [0.25, 0.3) is 0 Å². The number of urea groups is 1. The number of fused-ring (bicyclic) bond motifs is 1. The summed E-state index contributed by atoms with van der Waals surface area (Å²) < 4.78 is 11.5. The Kier molecular flexibility index (Phi) is 9.82. The monoisotopic (exact) mass is 649 g/mol. The smallest absolute Gasteiger partial charge is 0.319 e. The maximum atomic E-state index is 12.9. The topological polar surface area (TPSA) is 62.8 Å². The van der Waals surface area contributed by atoms with Gasteiger partial charge in [-0.2, -0.15) is 0 Å². The summed E-state index contributed by atoms with van der Waals surface area (Å²) >= 11 is 18.5. The number of nitrogens with one attached hydrogen (secondary N) is 2. The first-order chi connectivity index (χ1) is 21.4. The normalized spacial score (nSPS) is 15.9. The SMILES string of the molecule is O=C(NCC(c1ccc(-c2cccc(Cl)c2)cc1)C1CCN(Cc2ccc3c(c2)OCCO3)CC1)Nc1cc(Cl)cc(Cl)c1.